The Bertz CT molecular complexity index is 1410. The maximum absolute atomic E-state index is 5.04. The van der Waals surface area contributed by atoms with Crippen molar-refractivity contribution < 1.29 is 0 Å². The zero-order chi connectivity index (χ0) is 20.5. The van der Waals surface area contributed by atoms with E-state index in [0.717, 1.165) is 44.0 Å². The van der Waals surface area contributed by atoms with E-state index in [1.165, 1.54) is 10.1 Å². The Labute approximate surface area is 179 Å². The van der Waals surface area contributed by atoms with E-state index in [1.807, 2.05) is 18.2 Å². The van der Waals surface area contributed by atoms with Crippen LogP contribution in [0.3, 0.4) is 0 Å². The van der Waals surface area contributed by atoms with Crippen LogP contribution in [-0.2, 0) is 0 Å². The van der Waals surface area contributed by atoms with Gasteiger partial charge >= 0.3 is 0 Å². The maximum Gasteiger partial charge on any atom is 0.160 e. The van der Waals surface area contributed by atoms with Gasteiger partial charge in [0.15, 0.2) is 5.82 Å². The molecule has 0 radical (unpaired) electrons. The molecule has 0 aliphatic carbocycles. The summed E-state index contributed by atoms with van der Waals surface area (Å²) in [4.78, 5) is 10.1. The fraction of sp³-hybridized carbons (Fsp3) is 0.0370. The lowest BCUT2D eigenvalue weighted by atomic mass is 10.0. The highest BCUT2D eigenvalue weighted by molar-refractivity contribution is 7.26. The monoisotopic (exact) mass is 404 g/mol. The first-order chi connectivity index (χ1) is 14.7. The van der Waals surface area contributed by atoms with Gasteiger partial charge in [-0.3, -0.25) is 0 Å². The Morgan fingerprint density at radius 3 is 2.47 bits per heavy atom. The molecule has 3 aromatic carbocycles. The van der Waals surface area contributed by atoms with E-state index in [1.54, 1.807) is 11.3 Å². The molecule has 0 amide bonds. The van der Waals surface area contributed by atoms with Crippen molar-refractivity contribution in [2.24, 2.45) is 0 Å². The van der Waals surface area contributed by atoms with Crippen LogP contribution in [0.15, 0.2) is 97.6 Å². The minimum atomic E-state index is 0.748. The summed E-state index contributed by atoms with van der Waals surface area (Å²) in [5.41, 5.74) is 6.43. The van der Waals surface area contributed by atoms with Crippen LogP contribution in [-0.4, -0.2) is 9.97 Å². The van der Waals surface area contributed by atoms with Crippen LogP contribution < -0.4 is 0 Å². The number of aromatic nitrogens is 2. The summed E-state index contributed by atoms with van der Waals surface area (Å²) in [5, 5.41) is 1.18. The molecule has 0 saturated carbocycles. The lowest BCUT2D eigenvalue weighted by Gasteiger charge is -2.08. The average molecular weight is 405 g/mol. The number of hydrogen-bond donors (Lipinski definition) is 0. The molecule has 2 aromatic heterocycles. The topological polar surface area (TPSA) is 25.8 Å². The smallest absolute Gasteiger partial charge is 0.160 e. The van der Waals surface area contributed by atoms with Crippen molar-refractivity contribution in [2.75, 3.05) is 0 Å². The van der Waals surface area contributed by atoms with Gasteiger partial charge in [0.1, 0.15) is 0 Å². The Hall–Kier alpha value is -3.56. The second-order valence-electron chi connectivity index (χ2n) is 7.20. The molecule has 0 unspecified atom stereocenters. The summed E-state index contributed by atoms with van der Waals surface area (Å²) in [5.74, 6) is 0.748. The number of nitrogens with zero attached hydrogens (tertiary/aromatic N) is 2. The zero-order valence-corrected chi connectivity index (χ0v) is 17.5. The molecule has 0 aliphatic rings. The summed E-state index contributed by atoms with van der Waals surface area (Å²) >= 11 is 1.76. The summed E-state index contributed by atoms with van der Waals surface area (Å²) in [6, 6.07) is 27.2. The maximum atomic E-state index is 5.04. The standard InChI is InChI=1S/C27H20N2S/c1-3-10-18(2)20-13-9-14-21(17-20)27-28-24(19-11-5-4-6-12-19)26-25(29-27)22-15-7-8-16-23(22)30-26/h3-17H,1H2,2H3/b18-10+. The number of allylic oxidation sites excluding steroid dienone is 3. The Morgan fingerprint density at radius 2 is 1.63 bits per heavy atom. The third-order valence-electron chi connectivity index (χ3n) is 5.21. The van der Waals surface area contributed by atoms with Gasteiger partial charge in [-0.2, -0.15) is 0 Å². The average Bonchev–Trinajstić information content (AvgIpc) is 3.18. The Morgan fingerprint density at radius 1 is 0.867 bits per heavy atom. The number of rotatable bonds is 4. The van der Waals surface area contributed by atoms with Gasteiger partial charge in [0.05, 0.1) is 15.9 Å². The summed E-state index contributed by atoms with van der Waals surface area (Å²) < 4.78 is 2.36. The van der Waals surface area contributed by atoms with Crippen LogP contribution in [0.4, 0.5) is 0 Å². The Balaban J connectivity index is 1.80. The summed E-state index contributed by atoms with van der Waals surface area (Å²) in [7, 11) is 0. The molecule has 0 saturated heterocycles. The van der Waals surface area contributed by atoms with Crippen molar-refractivity contribution in [2.45, 2.75) is 6.92 Å². The van der Waals surface area contributed by atoms with E-state index < -0.39 is 0 Å². The van der Waals surface area contributed by atoms with Crippen molar-refractivity contribution in [3.63, 3.8) is 0 Å². The van der Waals surface area contributed by atoms with E-state index in [-0.39, 0.29) is 0 Å². The fourth-order valence-corrected chi connectivity index (χ4v) is 4.84. The number of thiophene rings is 1. The highest BCUT2D eigenvalue weighted by atomic mass is 32.1. The second kappa shape index (κ2) is 7.69. The molecular formula is C27H20N2S. The molecule has 30 heavy (non-hydrogen) atoms. The van der Waals surface area contributed by atoms with Crippen molar-refractivity contribution >= 4 is 37.2 Å². The molecule has 0 spiro atoms. The number of fused-ring (bicyclic) bond motifs is 3. The van der Waals surface area contributed by atoms with E-state index in [9.17, 15) is 0 Å². The molecule has 2 heterocycles. The second-order valence-corrected chi connectivity index (χ2v) is 8.26. The highest BCUT2D eigenvalue weighted by Gasteiger charge is 2.16. The molecule has 5 aromatic rings. The molecule has 3 heteroatoms. The predicted molar refractivity (Wildman–Crippen MR) is 130 cm³/mol. The minimum Gasteiger partial charge on any atom is -0.226 e. The molecule has 144 valence electrons. The Kier molecular flexibility index (Phi) is 4.74. The van der Waals surface area contributed by atoms with Crippen LogP contribution in [0.25, 0.3) is 48.5 Å². The van der Waals surface area contributed by atoms with Gasteiger partial charge in [-0.15, -0.1) is 11.3 Å². The van der Waals surface area contributed by atoms with Crippen LogP contribution in [0.5, 0.6) is 0 Å². The zero-order valence-electron chi connectivity index (χ0n) is 16.7. The third kappa shape index (κ3) is 3.23. The van der Waals surface area contributed by atoms with Gasteiger partial charge in [-0.1, -0.05) is 85.5 Å². The van der Waals surface area contributed by atoms with Gasteiger partial charge in [0, 0.05) is 21.2 Å². The molecule has 0 bridgehead atoms. The summed E-state index contributed by atoms with van der Waals surface area (Å²) in [6.45, 7) is 5.90. The lowest BCUT2D eigenvalue weighted by Crippen LogP contribution is -1.94. The van der Waals surface area contributed by atoms with Crippen molar-refractivity contribution in [3.8, 4) is 22.6 Å². The SMILES string of the molecule is C=C/C=C(\C)c1cccc(-c2nc(-c3ccccc3)c3sc4ccccc4c3n2)c1. The van der Waals surface area contributed by atoms with Gasteiger partial charge < -0.3 is 0 Å². The van der Waals surface area contributed by atoms with Crippen molar-refractivity contribution in [3.05, 3.63) is 103 Å². The highest BCUT2D eigenvalue weighted by Crippen LogP contribution is 2.39. The quantitative estimate of drug-likeness (QED) is 0.286. The number of benzene rings is 3. The van der Waals surface area contributed by atoms with Crippen LogP contribution in [0, 0.1) is 0 Å². The first-order valence-electron chi connectivity index (χ1n) is 9.89. The minimum absolute atomic E-state index is 0.748. The first kappa shape index (κ1) is 18.5. The van der Waals surface area contributed by atoms with E-state index >= 15 is 0 Å². The van der Waals surface area contributed by atoms with Crippen LogP contribution >= 0.6 is 11.3 Å². The van der Waals surface area contributed by atoms with Crippen molar-refractivity contribution in [1.82, 2.24) is 9.97 Å². The van der Waals surface area contributed by atoms with E-state index in [4.69, 9.17) is 9.97 Å². The molecular weight excluding hydrogens is 384 g/mol. The van der Waals surface area contributed by atoms with Gasteiger partial charge in [0.25, 0.3) is 0 Å². The normalized spacial score (nSPS) is 11.8. The van der Waals surface area contributed by atoms with E-state index in [2.05, 4.69) is 86.3 Å². The molecule has 0 N–H and O–H groups in total. The number of hydrogen-bond acceptors (Lipinski definition) is 3. The van der Waals surface area contributed by atoms with E-state index in [0.29, 0.717) is 0 Å². The first-order valence-corrected chi connectivity index (χ1v) is 10.7. The van der Waals surface area contributed by atoms with Crippen LogP contribution in [0.2, 0.25) is 0 Å². The molecule has 0 atom stereocenters. The lowest BCUT2D eigenvalue weighted by molar-refractivity contribution is 1.24. The van der Waals surface area contributed by atoms with Gasteiger partial charge in [-0.05, 0) is 30.2 Å². The molecule has 5 rings (SSSR count). The third-order valence-corrected chi connectivity index (χ3v) is 6.38. The predicted octanol–water partition coefficient (Wildman–Crippen LogP) is 7.77. The molecule has 2 nitrogen and oxygen atoms in total. The fourth-order valence-electron chi connectivity index (χ4n) is 3.69. The van der Waals surface area contributed by atoms with Crippen molar-refractivity contribution in [1.29, 1.82) is 0 Å². The van der Waals surface area contributed by atoms with Gasteiger partial charge in [0.2, 0.25) is 0 Å². The van der Waals surface area contributed by atoms with Gasteiger partial charge in [-0.25, -0.2) is 9.97 Å². The largest absolute Gasteiger partial charge is 0.226 e. The summed E-state index contributed by atoms with van der Waals surface area (Å²) in [6.07, 6.45) is 3.83. The molecule has 0 fully saturated rings. The van der Waals surface area contributed by atoms with Crippen LogP contribution in [0.1, 0.15) is 12.5 Å². The molecule has 0 aliphatic heterocycles.